The van der Waals surface area contributed by atoms with Gasteiger partial charge in [-0.05, 0) is 37.8 Å². The largest absolute Gasteiger partial charge is 0.387 e. The van der Waals surface area contributed by atoms with Crippen LogP contribution in [0.2, 0.25) is 0 Å². The molecular formula is C15H19F2NO. The molecule has 0 fully saturated rings. The first-order valence-electron chi connectivity index (χ1n) is 6.65. The molecule has 0 saturated heterocycles. The summed E-state index contributed by atoms with van der Waals surface area (Å²) in [7, 11) is 0. The summed E-state index contributed by atoms with van der Waals surface area (Å²) >= 11 is 0. The zero-order valence-corrected chi connectivity index (χ0v) is 10.8. The first kappa shape index (κ1) is 14.2. The molecule has 1 aliphatic carbocycles. The van der Waals surface area contributed by atoms with Crippen molar-refractivity contribution in [1.82, 2.24) is 5.32 Å². The molecule has 0 radical (unpaired) electrons. The van der Waals surface area contributed by atoms with E-state index in [0.29, 0.717) is 5.92 Å². The standard InChI is InChI=1S/C15H19F2NO/c16-12-6-7-13(14(17)8-12)15(19)10-18-9-11-4-2-1-3-5-11/h1-2,6-8,11,15,18-19H,3-5,9-10H2/t11-,15+/m1/s1. The Morgan fingerprint density at radius 2 is 2.16 bits per heavy atom. The second-order valence-corrected chi connectivity index (χ2v) is 4.99. The molecule has 0 heterocycles. The summed E-state index contributed by atoms with van der Waals surface area (Å²) in [6, 6.07) is 3.25. The lowest BCUT2D eigenvalue weighted by Gasteiger charge is -2.19. The third-order valence-electron chi connectivity index (χ3n) is 3.47. The molecule has 0 bridgehead atoms. The van der Waals surface area contributed by atoms with Crippen LogP contribution in [0.3, 0.4) is 0 Å². The lowest BCUT2D eigenvalue weighted by Crippen LogP contribution is -2.28. The topological polar surface area (TPSA) is 32.3 Å². The van der Waals surface area contributed by atoms with Gasteiger partial charge in [-0.1, -0.05) is 18.2 Å². The maximum atomic E-state index is 13.4. The van der Waals surface area contributed by atoms with E-state index in [4.69, 9.17) is 0 Å². The molecule has 0 unspecified atom stereocenters. The SMILES string of the molecule is O[C@@H](CNC[C@@H]1CC=CCC1)c1ccc(F)cc1F. The smallest absolute Gasteiger partial charge is 0.131 e. The summed E-state index contributed by atoms with van der Waals surface area (Å²) in [5.41, 5.74) is 0.137. The zero-order chi connectivity index (χ0) is 13.7. The number of aliphatic hydroxyl groups is 1. The molecule has 0 aromatic heterocycles. The minimum Gasteiger partial charge on any atom is -0.387 e. The molecule has 1 aromatic carbocycles. The molecule has 0 saturated carbocycles. The Morgan fingerprint density at radius 3 is 2.84 bits per heavy atom. The van der Waals surface area contributed by atoms with Gasteiger partial charge in [0.15, 0.2) is 0 Å². The first-order valence-corrected chi connectivity index (χ1v) is 6.65. The van der Waals surface area contributed by atoms with Gasteiger partial charge in [0, 0.05) is 18.2 Å². The summed E-state index contributed by atoms with van der Waals surface area (Å²) in [5.74, 6) is -0.749. The minimum atomic E-state index is -0.945. The Balaban J connectivity index is 1.80. The lowest BCUT2D eigenvalue weighted by atomic mass is 9.94. The van der Waals surface area contributed by atoms with E-state index >= 15 is 0 Å². The van der Waals surface area contributed by atoms with Crippen molar-refractivity contribution in [2.45, 2.75) is 25.4 Å². The summed E-state index contributed by atoms with van der Waals surface area (Å²) < 4.78 is 26.2. The molecule has 4 heteroatoms. The van der Waals surface area contributed by atoms with Crippen LogP contribution in [0.1, 0.15) is 30.9 Å². The van der Waals surface area contributed by atoms with E-state index in [-0.39, 0.29) is 12.1 Å². The fraction of sp³-hybridized carbons (Fsp3) is 0.467. The number of hydrogen-bond donors (Lipinski definition) is 2. The van der Waals surface area contributed by atoms with Crippen LogP contribution < -0.4 is 5.32 Å². The number of hydrogen-bond acceptors (Lipinski definition) is 2. The van der Waals surface area contributed by atoms with Crippen LogP contribution in [0.5, 0.6) is 0 Å². The lowest BCUT2D eigenvalue weighted by molar-refractivity contribution is 0.167. The normalized spacial score (nSPS) is 20.5. The van der Waals surface area contributed by atoms with Gasteiger partial charge < -0.3 is 10.4 Å². The number of nitrogens with one attached hydrogen (secondary N) is 1. The van der Waals surface area contributed by atoms with E-state index in [9.17, 15) is 13.9 Å². The average Bonchev–Trinajstić information content (AvgIpc) is 2.39. The molecule has 0 aliphatic heterocycles. The van der Waals surface area contributed by atoms with E-state index in [1.807, 2.05) is 0 Å². The van der Waals surface area contributed by atoms with Crippen molar-refractivity contribution in [3.05, 3.63) is 47.5 Å². The van der Waals surface area contributed by atoms with Crippen molar-refractivity contribution >= 4 is 0 Å². The molecule has 19 heavy (non-hydrogen) atoms. The predicted molar refractivity (Wildman–Crippen MR) is 70.7 cm³/mol. The minimum absolute atomic E-state index is 0.137. The summed E-state index contributed by atoms with van der Waals surface area (Å²) in [6.07, 6.45) is 6.70. The molecule has 2 nitrogen and oxygen atoms in total. The van der Waals surface area contributed by atoms with Crippen LogP contribution in [-0.4, -0.2) is 18.2 Å². The summed E-state index contributed by atoms with van der Waals surface area (Å²) in [6.45, 7) is 1.09. The van der Waals surface area contributed by atoms with Crippen LogP contribution in [0.4, 0.5) is 8.78 Å². The van der Waals surface area contributed by atoms with Gasteiger partial charge in [0.1, 0.15) is 11.6 Å². The van der Waals surface area contributed by atoms with Gasteiger partial charge in [0.25, 0.3) is 0 Å². The Kier molecular flexibility index (Phi) is 5.05. The molecule has 0 spiro atoms. The van der Waals surface area contributed by atoms with Crippen LogP contribution in [0.15, 0.2) is 30.4 Å². The van der Waals surface area contributed by atoms with E-state index in [1.54, 1.807) is 0 Å². The molecule has 2 atom stereocenters. The van der Waals surface area contributed by atoms with Crippen LogP contribution in [0.25, 0.3) is 0 Å². The molecule has 2 N–H and O–H groups in total. The van der Waals surface area contributed by atoms with Crippen molar-refractivity contribution in [1.29, 1.82) is 0 Å². The van der Waals surface area contributed by atoms with Gasteiger partial charge in [-0.15, -0.1) is 0 Å². The monoisotopic (exact) mass is 267 g/mol. The Labute approximate surface area is 112 Å². The average molecular weight is 267 g/mol. The Morgan fingerprint density at radius 1 is 1.32 bits per heavy atom. The van der Waals surface area contributed by atoms with E-state index < -0.39 is 17.7 Å². The highest BCUT2D eigenvalue weighted by Crippen LogP contribution is 2.19. The third-order valence-corrected chi connectivity index (χ3v) is 3.47. The van der Waals surface area contributed by atoms with E-state index in [2.05, 4.69) is 17.5 Å². The van der Waals surface area contributed by atoms with Crippen molar-refractivity contribution < 1.29 is 13.9 Å². The highest BCUT2D eigenvalue weighted by atomic mass is 19.1. The highest BCUT2D eigenvalue weighted by molar-refractivity contribution is 5.21. The van der Waals surface area contributed by atoms with Gasteiger partial charge in [0.05, 0.1) is 6.10 Å². The van der Waals surface area contributed by atoms with Crippen molar-refractivity contribution in [2.24, 2.45) is 5.92 Å². The van der Waals surface area contributed by atoms with Crippen molar-refractivity contribution in [2.75, 3.05) is 13.1 Å². The Bertz CT molecular complexity index is 448. The fourth-order valence-electron chi connectivity index (χ4n) is 2.35. The molecule has 1 aromatic rings. The van der Waals surface area contributed by atoms with Gasteiger partial charge in [-0.25, -0.2) is 8.78 Å². The van der Waals surface area contributed by atoms with Crippen LogP contribution in [0, 0.1) is 17.6 Å². The first-order chi connectivity index (χ1) is 9.16. The predicted octanol–water partition coefficient (Wildman–Crippen LogP) is 2.94. The number of halogens is 2. The quantitative estimate of drug-likeness (QED) is 0.804. The van der Waals surface area contributed by atoms with Crippen molar-refractivity contribution in [3.63, 3.8) is 0 Å². The molecule has 104 valence electrons. The summed E-state index contributed by atoms with van der Waals surface area (Å²) in [4.78, 5) is 0. The molecule has 1 aliphatic rings. The molecule has 2 rings (SSSR count). The van der Waals surface area contributed by atoms with E-state index in [0.717, 1.165) is 37.9 Å². The maximum absolute atomic E-state index is 13.4. The number of benzene rings is 1. The summed E-state index contributed by atoms with van der Waals surface area (Å²) in [5, 5.41) is 13.0. The highest BCUT2D eigenvalue weighted by Gasteiger charge is 2.14. The van der Waals surface area contributed by atoms with Crippen molar-refractivity contribution in [3.8, 4) is 0 Å². The second kappa shape index (κ2) is 6.78. The van der Waals surface area contributed by atoms with Gasteiger partial charge in [-0.2, -0.15) is 0 Å². The number of allylic oxidation sites excluding steroid dienone is 2. The molecular weight excluding hydrogens is 248 g/mol. The third kappa shape index (κ3) is 4.11. The van der Waals surface area contributed by atoms with Gasteiger partial charge in [0.2, 0.25) is 0 Å². The fourth-order valence-corrected chi connectivity index (χ4v) is 2.35. The number of rotatable bonds is 5. The molecule has 0 amide bonds. The van der Waals surface area contributed by atoms with Crippen LogP contribution >= 0.6 is 0 Å². The van der Waals surface area contributed by atoms with Gasteiger partial charge in [-0.3, -0.25) is 0 Å². The van der Waals surface area contributed by atoms with Crippen LogP contribution in [-0.2, 0) is 0 Å². The Hall–Kier alpha value is -1.26. The maximum Gasteiger partial charge on any atom is 0.131 e. The second-order valence-electron chi connectivity index (χ2n) is 4.99. The number of aliphatic hydroxyl groups excluding tert-OH is 1. The van der Waals surface area contributed by atoms with Gasteiger partial charge >= 0.3 is 0 Å². The van der Waals surface area contributed by atoms with E-state index in [1.165, 1.54) is 6.07 Å². The zero-order valence-electron chi connectivity index (χ0n) is 10.8.